The molecule has 0 aromatic carbocycles. The number of nitriles is 1. The smallest absolute Gasteiger partial charge is 0.153 e. The molecule has 1 fully saturated rings. The zero-order valence-electron chi connectivity index (χ0n) is 9.67. The lowest BCUT2D eigenvalue weighted by Gasteiger charge is -2.20. The van der Waals surface area contributed by atoms with E-state index in [-0.39, 0.29) is 17.6 Å². The van der Waals surface area contributed by atoms with E-state index in [1.165, 1.54) is 19.3 Å². The van der Waals surface area contributed by atoms with Gasteiger partial charge in [0.25, 0.3) is 0 Å². The summed E-state index contributed by atoms with van der Waals surface area (Å²) in [5, 5.41) is 8.88. The standard InChI is InChI=1S/C13H21NO/c1-2-11(10-14)13(15)12-8-6-4-3-5-7-9-12/h11-12H,2-9H2,1H3. The molecule has 0 aliphatic heterocycles. The van der Waals surface area contributed by atoms with E-state index < -0.39 is 0 Å². The second kappa shape index (κ2) is 6.61. The second-order valence-corrected chi connectivity index (χ2v) is 4.53. The van der Waals surface area contributed by atoms with Crippen LogP contribution in [0.25, 0.3) is 0 Å². The lowest BCUT2D eigenvalue weighted by molar-refractivity contribution is -0.125. The summed E-state index contributed by atoms with van der Waals surface area (Å²) in [6.07, 6.45) is 8.85. The van der Waals surface area contributed by atoms with E-state index in [0.717, 1.165) is 25.7 Å². The first-order valence-electron chi connectivity index (χ1n) is 6.23. The number of nitrogens with zero attached hydrogens (tertiary/aromatic N) is 1. The van der Waals surface area contributed by atoms with Crippen molar-refractivity contribution in [3.05, 3.63) is 0 Å². The number of hydrogen-bond donors (Lipinski definition) is 0. The van der Waals surface area contributed by atoms with E-state index in [1.807, 2.05) is 6.92 Å². The van der Waals surface area contributed by atoms with E-state index in [4.69, 9.17) is 5.26 Å². The fourth-order valence-corrected chi connectivity index (χ4v) is 2.38. The van der Waals surface area contributed by atoms with Crippen LogP contribution in [-0.2, 0) is 4.79 Å². The Morgan fingerprint density at radius 3 is 2.27 bits per heavy atom. The predicted molar refractivity (Wildman–Crippen MR) is 60.2 cm³/mol. The van der Waals surface area contributed by atoms with E-state index in [1.54, 1.807) is 0 Å². The molecule has 0 aromatic rings. The lowest BCUT2D eigenvalue weighted by atomic mass is 9.83. The minimum absolute atomic E-state index is 0.176. The van der Waals surface area contributed by atoms with Crippen molar-refractivity contribution >= 4 is 5.78 Å². The molecule has 1 aliphatic rings. The summed E-state index contributed by atoms with van der Waals surface area (Å²) in [5.74, 6) is 0.0335. The van der Waals surface area contributed by atoms with Gasteiger partial charge in [-0.25, -0.2) is 0 Å². The topological polar surface area (TPSA) is 40.9 Å². The third kappa shape index (κ3) is 3.66. The lowest BCUT2D eigenvalue weighted by Crippen LogP contribution is -2.23. The Hall–Kier alpha value is -0.840. The fraction of sp³-hybridized carbons (Fsp3) is 0.846. The van der Waals surface area contributed by atoms with E-state index in [0.29, 0.717) is 6.42 Å². The molecule has 0 N–H and O–H groups in total. The molecule has 0 aromatic heterocycles. The molecule has 1 saturated carbocycles. The Morgan fingerprint density at radius 1 is 1.27 bits per heavy atom. The molecule has 15 heavy (non-hydrogen) atoms. The van der Waals surface area contributed by atoms with Crippen LogP contribution in [0.4, 0.5) is 0 Å². The summed E-state index contributed by atoms with van der Waals surface area (Å²) in [5.41, 5.74) is 0. The molecule has 1 unspecified atom stereocenters. The first-order chi connectivity index (χ1) is 7.29. The van der Waals surface area contributed by atoms with Crippen molar-refractivity contribution in [1.82, 2.24) is 0 Å². The highest BCUT2D eigenvalue weighted by Gasteiger charge is 2.25. The summed E-state index contributed by atoms with van der Waals surface area (Å²) < 4.78 is 0. The van der Waals surface area contributed by atoms with Crippen molar-refractivity contribution in [3.63, 3.8) is 0 Å². The summed E-state index contributed by atoms with van der Waals surface area (Å²) in [7, 11) is 0. The van der Waals surface area contributed by atoms with Gasteiger partial charge < -0.3 is 0 Å². The van der Waals surface area contributed by atoms with Gasteiger partial charge in [-0.2, -0.15) is 5.26 Å². The van der Waals surface area contributed by atoms with Gasteiger partial charge in [0.2, 0.25) is 0 Å². The van der Waals surface area contributed by atoms with Crippen LogP contribution in [0.2, 0.25) is 0 Å². The first kappa shape index (κ1) is 12.2. The fourth-order valence-electron chi connectivity index (χ4n) is 2.38. The molecule has 2 heteroatoms. The highest BCUT2D eigenvalue weighted by molar-refractivity contribution is 5.85. The van der Waals surface area contributed by atoms with E-state index in [9.17, 15) is 4.79 Å². The molecular formula is C13H21NO. The van der Waals surface area contributed by atoms with Gasteiger partial charge in [0, 0.05) is 5.92 Å². The van der Waals surface area contributed by atoms with Crippen molar-refractivity contribution in [1.29, 1.82) is 5.26 Å². The van der Waals surface area contributed by atoms with Gasteiger partial charge in [-0.1, -0.05) is 39.0 Å². The van der Waals surface area contributed by atoms with Gasteiger partial charge >= 0.3 is 0 Å². The molecule has 1 atom stereocenters. The third-order valence-electron chi connectivity index (χ3n) is 3.42. The average Bonchev–Trinajstić information content (AvgIpc) is 2.18. The highest BCUT2D eigenvalue weighted by atomic mass is 16.1. The molecular weight excluding hydrogens is 186 g/mol. The Balaban J connectivity index is 2.52. The summed E-state index contributed by atoms with van der Waals surface area (Å²) >= 11 is 0. The quantitative estimate of drug-likeness (QED) is 0.711. The van der Waals surface area contributed by atoms with Crippen molar-refractivity contribution < 1.29 is 4.79 Å². The van der Waals surface area contributed by atoms with Crippen LogP contribution >= 0.6 is 0 Å². The zero-order valence-corrected chi connectivity index (χ0v) is 9.67. The van der Waals surface area contributed by atoms with Gasteiger partial charge in [0.15, 0.2) is 5.78 Å². The minimum Gasteiger partial charge on any atom is -0.298 e. The summed E-state index contributed by atoms with van der Waals surface area (Å²) in [6.45, 7) is 1.93. The van der Waals surface area contributed by atoms with Crippen LogP contribution < -0.4 is 0 Å². The number of rotatable bonds is 3. The Kier molecular flexibility index (Phi) is 5.39. The van der Waals surface area contributed by atoms with Gasteiger partial charge in [-0.3, -0.25) is 4.79 Å². The number of carbonyl (C=O) groups excluding carboxylic acids is 1. The van der Waals surface area contributed by atoms with Crippen LogP contribution in [0.5, 0.6) is 0 Å². The largest absolute Gasteiger partial charge is 0.298 e. The molecule has 0 bridgehead atoms. The minimum atomic E-state index is -0.352. The van der Waals surface area contributed by atoms with Crippen LogP contribution in [0, 0.1) is 23.2 Å². The number of hydrogen-bond acceptors (Lipinski definition) is 2. The molecule has 0 radical (unpaired) electrons. The maximum Gasteiger partial charge on any atom is 0.153 e. The Labute approximate surface area is 92.7 Å². The van der Waals surface area contributed by atoms with E-state index >= 15 is 0 Å². The molecule has 1 aliphatic carbocycles. The van der Waals surface area contributed by atoms with Gasteiger partial charge in [0.05, 0.1) is 6.07 Å². The van der Waals surface area contributed by atoms with Crippen LogP contribution in [0.1, 0.15) is 58.3 Å². The second-order valence-electron chi connectivity index (χ2n) is 4.53. The summed E-state index contributed by atoms with van der Waals surface area (Å²) in [4.78, 5) is 12.0. The van der Waals surface area contributed by atoms with Gasteiger partial charge in [0.1, 0.15) is 5.92 Å². The molecule has 84 valence electrons. The predicted octanol–water partition coefficient (Wildman–Crippen LogP) is 3.47. The average molecular weight is 207 g/mol. The van der Waals surface area contributed by atoms with Gasteiger partial charge in [-0.15, -0.1) is 0 Å². The maximum absolute atomic E-state index is 12.0. The third-order valence-corrected chi connectivity index (χ3v) is 3.42. The normalized spacial score (nSPS) is 21.1. The Morgan fingerprint density at radius 2 is 1.80 bits per heavy atom. The molecule has 0 heterocycles. The molecule has 2 nitrogen and oxygen atoms in total. The van der Waals surface area contributed by atoms with E-state index in [2.05, 4.69) is 6.07 Å². The molecule has 0 amide bonds. The van der Waals surface area contributed by atoms with Crippen molar-refractivity contribution in [2.75, 3.05) is 0 Å². The van der Waals surface area contributed by atoms with Crippen molar-refractivity contribution in [2.45, 2.75) is 58.3 Å². The Bertz CT molecular complexity index is 233. The molecule has 1 rings (SSSR count). The first-order valence-corrected chi connectivity index (χ1v) is 6.23. The van der Waals surface area contributed by atoms with Gasteiger partial charge in [-0.05, 0) is 19.3 Å². The SMILES string of the molecule is CCC(C#N)C(=O)C1CCCCCCC1. The maximum atomic E-state index is 12.0. The van der Waals surface area contributed by atoms with Crippen LogP contribution in [0.15, 0.2) is 0 Å². The van der Waals surface area contributed by atoms with Crippen molar-refractivity contribution in [3.8, 4) is 6.07 Å². The molecule has 0 spiro atoms. The number of Topliss-reactive ketones (excluding diaryl/α,β-unsaturated/α-hetero) is 1. The molecule has 0 saturated heterocycles. The number of ketones is 1. The van der Waals surface area contributed by atoms with Crippen LogP contribution in [-0.4, -0.2) is 5.78 Å². The summed E-state index contributed by atoms with van der Waals surface area (Å²) in [6, 6.07) is 2.14. The highest BCUT2D eigenvalue weighted by Crippen LogP contribution is 2.25. The monoisotopic (exact) mass is 207 g/mol. The van der Waals surface area contributed by atoms with Crippen LogP contribution in [0.3, 0.4) is 0 Å². The zero-order chi connectivity index (χ0) is 11.1. The number of carbonyl (C=O) groups is 1. The van der Waals surface area contributed by atoms with Crippen molar-refractivity contribution in [2.24, 2.45) is 11.8 Å².